The number of aromatic nitrogens is 1. The van der Waals surface area contributed by atoms with Crippen LogP contribution in [-0.2, 0) is 14.8 Å². The SMILES string of the molecule is Cc1csc(NC(=O)C2=C(O)c3sc4cc(Cl)ccc4c3S(=O)(=O)N2C)n1. The zero-order valence-electron chi connectivity index (χ0n) is 14.0. The van der Waals surface area contributed by atoms with E-state index in [4.69, 9.17) is 11.6 Å². The van der Waals surface area contributed by atoms with Gasteiger partial charge in [-0.05, 0) is 19.1 Å². The number of halogens is 1. The van der Waals surface area contributed by atoms with E-state index in [0.717, 1.165) is 21.3 Å². The van der Waals surface area contributed by atoms with Crippen LogP contribution in [0.3, 0.4) is 0 Å². The first-order valence-corrected chi connectivity index (χ1v) is 11.1. The molecule has 2 N–H and O–H groups in total. The van der Waals surface area contributed by atoms with E-state index in [9.17, 15) is 18.3 Å². The zero-order valence-corrected chi connectivity index (χ0v) is 17.2. The number of thiophene rings is 1. The van der Waals surface area contributed by atoms with Gasteiger partial charge in [-0.3, -0.25) is 14.4 Å². The highest BCUT2D eigenvalue weighted by molar-refractivity contribution is 7.89. The summed E-state index contributed by atoms with van der Waals surface area (Å²) in [5, 5.41) is 16.2. The largest absolute Gasteiger partial charge is 0.504 e. The molecule has 11 heteroatoms. The van der Waals surface area contributed by atoms with Crippen molar-refractivity contribution in [1.82, 2.24) is 9.29 Å². The number of thiazole rings is 1. The molecule has 1 aromatic carbocycles. The first kappa shape index (κ1) is 18.2. The molecule has 1 aliphatic heterocycles. The normalized spacial score (nSPS) is 15.9. The Morgan fingerprint density at radius 1 is 1.37 bits per heavy atom. The molecule has 4 rings (SSSR count). The number of carbonyl (C=O) groups excluding carboxylic acids is 1. The third-order valence-electron chi connectivity index (χ3n) is 4.03. The summed E-state index contributed by atoms with van der Waals surface area (Å²) >= 11 is 8.27. The summed E-state index contributed by atoms with van der Waals surface area (Å²) in [4.78, 5) is 16.9. The molecule has 2 aromatic heterocycles. The number of aryl methyl sites for hydroxylation is 1. The van der Waals surface area contributed by atoms with Gasteiger partial charge >= 0.3 is 0 Å². The number of carbonyl (C=O) groups is 1. The number of sulfonamides is 1. The van der Waals surface area contributed by atoms with Crippen molar-refractivity contribution in [3.8, 4) is 0 Å². The quantitative estimate of drug-likeness (QED) is 0.629. The number of hydrogen-bond donors (Lipinski definition) is 2. The van der Waals surface area contributed by atoms with E-state index < -0.39 is 21.7 Å². The third-order valence-corrected chi connectivity index (χ3v) is 8.28. The van der Waals surface area contributed by atoms with E-state index in [1.165, 1.54) is 18.4 Å². The second kappa shape index (κ2) is 6.20. The topological polar surface area (TPSA) is 99.6 Å². The summed E-state index contributed by atoms with van der Waals surface area (Å²) < 4.78 is 27.5. The molecule has 0 spiro atoms. The van der Waals surface area contributed by atoms with Crippen LogP contribution in [0.4, 0.5) is 5.13 Å². The fraction of sp³-hybridized carbons (Fsp3) is 0.125. The predicted octanol–water partition coefficient (Wildman–Crippen LogP) is 3.82. The van der Waals surface area contributed by atoms with Gasteiger partial charge in [0.25, 0.3) is 15.9 Å². The molecule has 0 bridgehead atoms. The van der Waals surface area contributed by atoms with Crippen LogP contribution in [0.15, 0.2) is 34.2 Å². The monoisotopic (exact) mass is 441 g/mol. The Hall–Kier alpha value is -2.14. The zero-order chi connectivity index (χ0) is 19.5. The van der Waals surface area contributed by atoms with E-state index in [2.05, 4.69) is 10.3 Å². The van der Waals surface area contributed by atoms with Gasteiger partial charge in [-0.25, -0.2) is 13.4 Å². The minimum atomic E-state index is -4.03. The Morgan fingerprint density at radius 2 is 2.11 bits per heavy atom. The number of hydrogen-bond acceptors (Lipinski definition) is 7. The minimum absolute atomic E-state index is 0.0270. The van der Waals surface area contributed by atoms with Crippen LogP contribution in [-0.4, -0.2) is 35.8 Å². The van der Waals surface area contributed by atoms with E-state index in [0.29, 0.717) is 20.2 Å². The van der Waals surface area contributed by atoms with Crippen LogP contribution in [0.1, 0.15) is 10.6 Å². The minimum Gasteiger partial charge on any atom is -0.504 e. The summed E-state index contributed by atoms with van der Waals surface area (Å²) in [7, 11) is -2.79. The number of aliphatic hydroxyl groups excluding tert-OH is 1. The van der Waals surface area contributed by atoms with Crippen molar-refractivity contribution in [2.75, 3.05) is 12.4 Å². The van der Waals surface area contributed by atoms with E-state index >= 15 is 0 Å². The molecule has 3 heterocycles. The van der Waals surface area contributed by atoms with Crippen LogP contribution in [0.25, 0.3) is 15.8 Å². The highest BCUT2D eigenvalue weighted by atomic mass is 35.5. The highest BCUT2D eigenvalue weighted by Crippen LogP contribution is 2.45. The number of likely N-dealkylation sites (N-methyl/N-ethyl adjacent to an activating group) is 1. The lowest BCUT2D eigenvalue weighted by Gasteiger charge is -2.26. The van der Waals surface area contributed by atoms with Gasteiger partial charge in [-0.2, -0.15) is 0 Å². The van der Waals surface area contributed by atoms with Gasteiger partial charge < -0.3 is 5.11 Å². The van der Waals surface area contributed by atoms with Gasteiger partial charge in [0.15, 0.2) is 16.6 Å². The third kappa shape index (κ3) is 2.80. The number of nitrogens with one attached hydrogen (secondary N) is 1. The van der Waals surface area contributed by atoms with Crippen molar-refractivity contribution < 1.29 is 18.3 Å². The maximum atomic E-state index is 13.0. The fourth-order valence-electron chi connectivity index (χ4n) is 2.79. The highest BCUT2D eigenvalue weighted by Gasteiger charge is 2.41. The molecule has 0 unspecified atom stereocenters. The van der Waals surface area contributed by atoms with Crippen LogP contribution in [0.2, 0.25) is 5.02 Å². The van der Waals surface area contributed by atoms with Crippen LogP contribution < -0.4 is 5.32 Å². The van der Waals surface area contributed by atoms with Crippen molar-refractivity contribution in [3.63, 3.8) is 0 Å². The van der Waals surface area contributed by atoms with E-state index in [1.807, 2.05) is 0 Å². The van der Waals surface area contributed by atoms with Gasteiger partial charge in [0.2, 0.25) is 0 Å². The molecule has 3 aromatic rings. The van der Waals surface area contributed by atoms with Crippen molar-refractivity contribution in [2.45, 2.75) is 11.8 Å². The van der Waals surface area contributed by atoms with Crippen LogP contribution in [0.5, 0.6) is 0 Å². The number of benzene rings is 1. The molecule has 0 saturated heterocycles. The molecule has 0 aliphatic carbocycles. The van der Waals surface area contributed by atoms with Gasteiger partial charge in [0.1, 0.15) is 4.90 Å². The second-order valence-corrected chi connectivity index (χ2v) is 10.1. The van der Waals surface area contributed by atoms with Gasteiger partial charge in [-0.1, -0.05) is 17.7 Å². The first-order chi connectivity index (χ1) is 12.7. The summed E-state index contributed by atoms with van der Waals surface area (Å²) in [5.41, 5.74) is 0.370. The fourth-order valence-corrected chi connectivity index (χ4v) is 6.77. The van der Waals surface area contributed by atoms with Crippen molar-refractivity contribution in [3.05, 3.63) is 44.9 Å². The molecule has 140 valence electrons. The van der Waals surface area contributed by atoms with Crippen LogP contribution in [0, 0.1) is 6.92 Å². The predicted molar refractivity (Wildman–Crippen MR) is 107 cm³/mol. The van der Waals surface area contributed by atoms with Crippen molar-refractivity contribution >= 4 is 71.2 Å². The molecule has 7 nitrogen and oxygen atoms in total. The van der Waals surface area contributed by atoms with Crippen molar-refractivity contribution in [1.29, 1.82) is 0 Å². The number of fused-ring (bicyclic) bond motifs is 3. The van der Waals surface area contributed by atoms with E-state index in [-0.39, 0.29) is 15.5 Å². The molecule has 27 heavy (non-hydrogen) atoms. The maximum absolute atomic E-state index is 13.0. The molecule has 1 amide bonds. The summed E-state index contributed by atoms with van der Waals surface area (Å²) in [6.07, 6.45) is 0. The van der Waals surface area contributed by atoms with Gasteiger partial charge in [0, 0.05) is 27.5 Å². The Balaban J connectivity index is 1.90. The molecule has 0 fully saturated rings. The summed E-state index contributed by atoms with van der Waals surface area (Å²) in [6.45, 7) is 1.77. The molecule has 0 atom stereocenters. The summed E-state index contributed by atoms with van der Waals surface area (Å²) in [6, 6.07) is 4.80. The molecule has 1 aliphatic rings. The molecule has 0 saturated carbocycles. The standard InChI is InChI=1S/C16H12ClN3O4S3/c1-7-6-25-16(18-7)19-15(22)11-12(21)13-14(27(23,24)20(11)2)9-4-3-8(17)5-10(9)26-13/h3-6,21H,1-2H3,(H,18,19,22). The molecular formula is C16H12ClN3O4S3. The van der Waals surface area contributed by atoms with Crippen LogP contribution >= 0.6 is 34.3 Å². The van der Waals surface area contributed by atoms with Gasteiger partial charge in [0.05, 0.1) is 10.6 Å². The smallest absolute Gasteiger partial charge is 0.278 e. The van der Waals surface area contributed by atoms with E-state index in [1.54, 1.807) is 30.5 Å². The Morgan fingerprint density at radius 3 is 2.78 bits per heavy atom. The first-order valence-electron chi connectivity index (χ1n) is 7.58. The Labute approximate surface area is 167 Å². The second-order valence-electron chi connectivity index (χ2n) is 5.82. The lowest BCUT2D eigenvalue weighted by atomic mass is 10.2. The Bertz CT molecular complexity index is 1240. The number of anilines is 1. The average Bonchev–Trinajstić information content (AvgIpc) is 3.17. The lowest BCUT2D eigenvalue weighted by Crippen LogP contribution is -2.36. The average molecular weight is 442 g/mol. The number of nitrogens with zero attached hydrogens (tertiary/aromatic N) is 2. The van der Waals surface area contributed by atoms with Gasteiger partial charge in [-0.15, -0.1) is 22.7 Å². The number of aliphatic hydroxyl groups is 1. The molecular weight excluding hydrogens is 430 g/mol. The Kier molecular flexibility index (Phi) is 4.18. The van der Waals surface area contributed by atoms with Crippen molar-refractivity contribution in [2.24, 2.45) is 0 Å². The maximum Gasteiger partial charge on any atom is 0.278 e. The molecule has 0 radical (unpaired) electrons. The lowest BCUT2D eigenvalue weighted by molar-refractivity contribution is -0.113. The number of rotatable bonds is 2. The summed E-state index contributed by atoms with van der Waals surface area (Å²) in [5.74, 6) is -1.15. The number of amides is 1.